The average molecular weight is 157 g/mol. The summed E-state index contributed by atoms with van der Waals surface area (Å²) in [5.41, 5.74) is 6.09. The fourth-order valence-electron chi connectivity index (χ4n) is 0.947. The van der Waals surface area contributed by atoms with E-state index >= 15 is 0 Å². The number of halogens is 1. The lowest BCUT2D eigenvalue weighted by atomic mass is 10.1. The van der Waals surface area contributed by atoms with Gasteiger partial charge in [-0.1, -0.05) is 0 Å². The van der Waals surface area contributed by atoms with Gasteiger partial charge in [-0.2, -0.15) is 0 Å². The van der Waals surface area contributed by atoms with Crippen LogP contribution in [0.2, 0.25) is 0 Å². The molecule has 1 atom stereocenters. The van der Waals surface area contributed by atoms with Gasteiger partial charge in [-0.15, -0.1) is 0 Å². The Morgan fingerprint density at radius 1 is 1.64 bits per heavy atom. The predicted octanol–water partition coefficient (Wildman–Crippen LogP) is 1.51. The second-order valence-electron chi connectivity index (χ2n) is 2.51. The molecule has 0 aromatic carbocycles. The second kappa shape index (κ2) is 4.13. The zero-order chi connectivity index (χ0) is 8.10. The van der Waals surface area contributed by atoms with E-state index in [-0.39, 0.29) is 0 Å². The van der Waals surface area contributed by atoms with Gasteiger partial charge in [0.25, 0.3) is 0 Å². The van der Waals surface area contributed by atoms with Crippen LogP contribution in [-0.4, -0.2) is 12.7 Å². The van der Waals surface area contributed by atoms with E-state index in [9.17, 15) is 4.39 Å². The van der Waals surface area contributed by atoms with Crippen LogP contribution in [0.15, 0.2) is 23.0 Å². The third-order valence-corrected chi connectivity index (χ3v) is 1.52. The first-order chi connectivity index (χ1) is 5.33. The monoisotopic (exact) mass is 157 g/mol. The van der Waals surface area contributed by atoms with Gasteiger partial charge >= 0.3 is 0 Å². The van der Waals surface area contributed by atoms with Gasteiger partial charge in [-0.05, 0) is 24.6 Å². The molecule has 11 heavy (non-hydrogen) atoms. The van der Waals surface area contributed by atoms with Gasteiger partial charge in [0.05, 0.1) is 12.5 Å². The molecule has 0 spiro atoms. The Hall–Kier alpha value is -0.830. The highest BCUT2D eigenvalue weighted by molar-refractivity contribution is 5.06. The molecular weight excluding hydrogens is 145 g/mol. The molecule has 1 aromatic heterocycles. The second-order valence-corrected chi connectivity index (χ2v) is 2.51. The molecule has 62 valence electrons. The number of nitrogens with two attached hydrogens (primary N) is 1. The minimum atomic E-state index is -0.836. The van der Waals surface area contributed by atoms with Crippen LogP contribution in [0.4, 0.5) is 4.39 Å². The van der Waals surface area contributed by atoms with Crippen LogP contribution >= 0.6 is 0 Å². The summed E-state index contributed by atoms with van der Waals surface area (Å²) < 4.78 is 17.6. The SMILES string of the molecule is NCCC(F)Cc1ccoc1. The predicted molar refractivity (Wildman–Crippen MR) is 41.0 cm³/mol. The molecule has 0 aliphatic heterocycles. The van der Waals surface area contributed by atoms with Crippen molar-refractivity contribution in [3.05, 3.63) is 24.2 Å². The zero-order valence-electron chi connectivity index (χ0n) is 6.29. The summed E-state index contributed by atoms with van der Waals surface area (Å²) in [6.45, 7) is 0.402. The molecule has 1 heterocycles. The highest BCUT2D eigenvalue weighted by Crippen LogP contribution is 2.08. The normalized spacial score (nSPS) is 13.3. The van der Waals surface area contributed by atoms with E-state index in [1.807, 2.05) is 0 Å². The molecule has 2 N–H and O–H groups in total. The van der Waals surface area contributed by atoms with Crippen molar-refractivity contribution in [2.75, 3.05) is 6.54 Å². The molecule has 0 fully saturated rings. The smallest absolute Gasteiger partial charge is 0.105 e. The van der Waals surface area contributed by atoms with E-state index in [1.54, 1.807) is 18.6 Å². The summed E-state index contributed by atoms with van der Waals surface area (Å²) in [6, 6.07) is 1.77. The number of furan rings is 1. The van der Waals surface area contributed by atoms with Gasteiger partial charge in [0.2, 0.25) is 0 Å². The van der Waals surface area contributed by atoms with Crippen LogP contribution in [-0.2, 0) is 6.42 Å². The van der Waals surface area contributed by atoms with Crippen LogP contribution in [0.1, 0.15) is 12.0 Å². The van der Waals surface area contributed by atoms with Crippen LogP contribution in [0.3, 0.4) is 0 Å². The van der Waals surface area contributed by atoms with E-state index in [2.05, 4.69) is 0 Å². The molecule has 1 rings (SSSR count). The van der Waals surface area contributed by atoms with Gasteiger partial charge < -0.3 is 10.2 Å². The molecule has 0 aliphatic carbocycles. The minimum absolute atomic E-state index is 0.402. The molecule has 1 aromatic rings. The van der Waals surface area contributed by atoms with E-state index in [0.717, 1.165) is 5.56 Å². The van der Waals surface area contributed by atoms with Gasteiger partial charge in [0, 0.05) is 6.42 Å². The molecule has 3 heteroatoms. The quantitative estimate of drug-likeness (QED) is 0.719. The minimum Gasteiger partial charge on any atom is -0.472 e. The summed E-state index contributed by atoms with van der Waals surface area (Å²) in [4.78, 5) is 0. The third kappa shape index (κ3) is 2.72. The Balaban J connectivity index is 2.31. The lowest BCUT2D eigenvalue weighted by Gasteiger charge is -2.02. The van der Waals surface area contributed by atoms with Crippen molar-refractivity contribution in [1.82, 2.24) is 0 Å². The molecule has 0 radical (unpaired) electrons. The van der Waals surface area contributed by atoms with Crippen LogP contribution in [0.25, 0.3) is 0 Å². The number of alkyl halides is 1. The van der Waals surface area contributed by atoms with E-state index in [0.29, 0.717) is 19.4 Å². The molecular formula is C8H12FNO. The van der Waals surface area contributed by atoms with Gasteiger partial charge in [0.15, 0.2) is 0 Å². The van der Waals surface area contributed by atoms with Crippen molar-refractivity contribution >= 4 is 0 Å². The number of rotatable bonds is 4. The fourth-order valence-corrected chi connectivity index (χ4v) is 0.947. The maximum absolute atomic E-state index is 12.8. The first-order valence-corrected chi connectivity index (χ1v) is 3.68. The fraction of sp³-hybridized carbons (Fsp3) is 0.500. The van der Waals surface area contributed by atoms with Gasteiger partial charge in [0.1, 0.15) is 6.17 Å². The zero-order valence-corrected chi connectivity index (χ0v) is 6.29. The number of hydrogen-bond donors (Lipinski definition) is 1. The highest BCUT2D eigenvalue weighted by Gasteiger charge is 2.06. The molecule has 0 saturated heterocycles. The topological polar surface area (TPSA) is 39.2 Å². The first-order valence-electron chi connectivity index (χ1n) is 3.68. The molecule has 0 amide bonds. The van der Waals surface area contributed by atoms with Crippen LogP contribution < -0.4 is 5.73 Å². The Bertz CT molecular complexity index is 186. The lowest BCUT2D eigenvalue weighted by Crippen LogP contribution is -2.11. The van der Waals surface area contributed by atoms with Gasteiger partial charge in [-0.3, -0.25) is 0 Å². The summed E-state index contributed by atoms with van der Waals surface area (Å²) in [7, 11) is 0. The standard InChI is InChI=1S/C8H12FNO/c9-8(1-3-10)5-7-2-4-11-6-7/h2,4,6,8H,1,3,5,10H2. The van der Waals surface area contributed by atoms with Crippen molar-refractivity contribution in [2.45, 2.75) is 19.0 Å². The highest BCUT2D eigenvalue weighted by atomic mass is 19.1. The summed E-state index contributed by atoms with van der Waals surface area (Å²) in [5, 5.41) is 0. The van der Waals surface area contributed by atoms with Crippen molar-refractivity contribution < 1.29 is 8.81 Å². The average Bonchev–Trinajstić information content (AvgIpc) is 2.40. The van der Waals surface area contributed by atoms with E-state index in [4.69, 9.17) is 10.2 Å². The first kappa shape index (κ1) is 8.27. The maximum Gasteiger partial charge on any atom is 0.105 e. The lowest BCUT2D eigenvalue weighted by molar-refractivity contribution is 0.316. The van der Waals surface area contributed by atoms with Crippen LogP contribution in [0, 0.1) is 0 Å². The number of hydrogen-bond acceptors (Lipinski definition) is 2. The van der Waals surface area contributed by atoms with Crippen molar-refractivity contribution in [2.24, 2.45) is 5.73 Å². The Morgan fingerprint density at radius 3 is 3.00 bits per heavy atom. The Morgan fingerprint density at radius 2 is 2.45 bits per heavy atom. The Kier molecular flexibility index (Phi) is 3.11. The maximum atomic E-state index is 12.8. The van der Waals surface area contributed by atoms with Crippen molar-refractivity contribution in [3.8, 4) is 0 Å². The summed E-state index contributed by atoms with van der Waals surface area (Å²) in [6.07, 6.45) is 3.10. The summed E-state index contributed by atoms with van der Waals surface area (Å²) in [5.74, 6) is 0. The molecule has 0 bridgehead atoms. The van der Waals surface area contributed by atoms with E-state index < -0.39 is 6.17 Å². The van der Waals surface area contributed by atoms with E-state index in [1.165, 1.54) is 0 Å². The van der Waals surface area contributed by atoms with Crippen molar-refractivity contribution in [3.63, 3.8) is 0 Å². The third-order valence-electron chi connectivity index (χ3n) is 1.52. The molecule has 2 nitrogen and oxygen atoms in total. The molecule has 1 unspecified atom stereocenters. The largest absolute Gasteiger partial charge is 0.472 e. The Labute approximate surface area is 65.2 Å². The molecule has 0 saturated carbocycles. The van der Waals surface area contributed by atoms with Crippen LogP contribution in [0.5, 0.6) is 0 Å². The molecule has 0 aliphatic rings. The van der Waals surface area contributed by atoms with Crippen molar-refractivity contribution in [1.29, 1.82) is 0 Å². The van der Waals surface area contributed by atoms with Gasteiger partial charge in [-0.25, -0.2) is 4.39 Å². The summed E-state index contributed by atoms with van der Waals surface area (Å²) >= 11 is 0.